The molecule has 0 spiro atoms. The van der Waals surface area contributed by atoms with Crippen LogP contribution in [0.4, 0.5) is 0 Å². The Balaban J connectivity index is 0. The number of carbonyl (C=O) groups is 6. The van der Waals surface area contributed by atoms with Crippen LogP contribution in [0.3, 0.4) is 0 Å². The van der Waals surface area contributed by atoms with Crippen molar-refractivity contribution in [1.82, 2.24) is 0 Å². The van der Waals surface area contributed by atoms with Crippen molar-refractivity contribution in [2.75, 3.05) is 26.4 Å². The van der Waals surface area contributed by atoms with Gasteiger partial charge in [-0.3, -0.25) is 19.2 Å². The lowest BCUT2D eigenvalue weighted by molar-refractivity contribution is -0.151. The van der Waals surface area contributed by atoms with Crippen LogP contribution < -0.4 is 0 Å². The maximum Gasteiger partial charge on any atom is 0.333 e. The zero-order valence-corrected chi connectivity index (χ0v) is 18.0. The van der Waals surface area contributed by atoms with Crippen LogP contribution in [0.5, 0.6) is 0 Å². The molecule has 0 saturated heterocycles. The van der Waals surface area contributed by atoms with Gasteiger partial charge in [0.15, 0.2) is 0 Å². The Hall–Kier alpha value is -3.70. The van der Waals surface area contributed by atoms with Crippen LogP contribution in [-0.2, 0) is 47.7 Å². The largest absolute Gasteiger partial charge is 0.481 e. The summed E-state index contributed by atoms with van der Waals surface area (Å²) in [5.41, 5.74) is 0.523. The zero-order chi connectivity index (χ0) is 25.1. The molecular weight excluding hydrogens is 432 g/mol. The van der Waals surface area contributed by atoms with Gasteiger partial charge in [0.1, 0.15) is 26.4 Å². The molecular formula is C20H28O12. The third-order valence-electron chi connectivity index (χ3n) is 2.94. The first-order valence-corrected chi connectivity index (χ1v) is 9.26. The Kier molecular flexibility index (Phi) is 17.2. The minimum Gasteiger partial charge on any atom is -0.481 e. The molecule has 0 aliphatic rings. The molecule has 12 nitrogen and oxygen atoms in total. The average Bonchev–Trinajstić information content (AvgIpc) is 2.71. The van der Waals surface area contributed by atoms with Gasteiger partial charge in [-0.2, -0.15) is 0 Å². The third-order valence-corrected chi connectivity index (χ3v) is 2.94. The van der Waals surface area contributed by atoms with Gasteiger partial charge in [0, 0.05) is 11.1 Å². The molecule has 0 radical (unpaired) electrons. The highest BCUT2D eigenvalue weighted by Crippen LogP contribution is 1.96. The minimum absolute atomic E-state index is 0.0650. The second-order valence-corrected chi connectivity index (χ2v) is 6.06. The summed E-state index contributed by atoms with van der Waals surface area (Å²) in [6, 6.07) is 0. The maximum absolute atomic E-state index is 10.9. The quantitative estimate of drug-likeness (QED) is 0.163. The predicted molar refractivity (Wildman–Crippen MR) is 107 cm³/mol. The van der Waals surface area contributed by atoms with Crippen LogP contribution in [0, 0.1) is 0 Å². The lowest BCUT2D eigenvalue weighted by atomic mass is 10.3. The van der Waals surface area contributed by atoms with Crippen molar-refractivity contribution in [2.45, 2.75) is 39.5 Å². The number of hydrogen-bond donors (Lipinski definition) is 2. The first-order chi connectivity index (χ1) is 14.9. The second-order valence-electron chi connectivity index (χ2n) is 6.06. The molecule has 0 aromatic heterocycles. The normalized spacial score (nSPS) is 9.31. The summed E-state index contributed by atoms with van der Waals surface area (Å²) >= 11 is 0. The van der Waals surface area contributed by atoms with Gasteiger partial charge in [-0.1, -0.05) is 13.2 Å². The summed E-state index contributed by atoms with van der Waals surface area (Å²) in [4.78, 5) is 63.7. The second kappa shape index (κ2) is 18.1. The van der Waals surface area contributed by atoms with Crippen LogP contribution in [0.2, 0.25) is 0 Å². The Bertz CT molecular complexity index is 647. The number of rotatable bonds is 14. The Morgan fingerprint density at radius 2 is 0.844 bits per heavy atom. The van der Waals surface area contributed by atoms with Crippen LogP contribution in [-0.4, -0.2) is 72.5 Å². The van der Waals surface area contributed by atoms with Crippen molar-refractivity contribution in [3.63, 3.8) is 0 Å². The minimum atomic E-state index is -1.06. The molecule has 12 heteroatoms. The van der Waals surface area contributed by atoms with E-state index in [4.69, 9.17) is 10.2 Å². The summed E-state index contributed by atoms with van der Waals surface area (Å²) in [5.74, 6) is -4.50. The first-order valence-electron chi connectivity index (χ1n) is 9.26. The molecule has 2 N–H and O–H groups in total. The van der Waals surface area contributed by atoms with Crippen molar-refractivity contribution >= 4 is 35.8 Å². The molecule has 0 amide bonds. The van der Waals surface area contributed by atoms with E-state index in [-0.39, 0.29) is 63.3 Å². The SMILES string of the molecule is C=C(C)C(=O)OCCOC(=O)CCC(=O)O.C=C(C)C(=O)OCCOC(=O)CCC(=O)O. The van der Waals surface area contributed by atoms with Crippen molar-refractivity contribution in [1.29, 1.82) is 0 Å². The highest BCUT2D eigenvalue weighted by molar-refractivity contribution is 5.87. The van der Waals surface area contributed by atoms with E-state index in [2.05, 4.69) is 32.1 Å². The summed E-state index contributed by atoms with van der Waals surface area (Å²) < 4.78 is 18.5. The van der Waals surface area contributed by atoms with E-state index in [0.29, 0.717) is 0 Å². The number of ether oxygens (including phenoxy) is 4. The van der Waals surface area contributed by atoms with Crippen molar-refractivity contribution < 1.29 is 57.9 Å². The topological polar surface area (TPSA) is 180 Å². The molecule has 0 aliphatic carbocycles. The van der Waals surface area contributed by atoms with E-state index >= 15 is 0 Å². The fourth-order valence-corrected chi connectivity index (χ4v) is 1.39. The zero-order valence-electron chi connectivity index (χ0n) is 18.0. The summed E-state index contributed by atoms with van der Waals surface area (Å²) in [7, 11) is 0. The van der Waals surface area contributed by atoms with Gasteiger partial charge in [-0.25, -0.2) is 9.59 Å². The molecule has 0 bridgehead atoms. The molecule has 180 valence electrons. The van der Waals surface area contributed by atoms with Gasteiger partial charge < -0.3 is 29.2 Å². The summed E-state index contributed by atoms with van der Waals surface area (Å²) in [6.45, 7) is 9.44. The smallest absolute Gasteiger partial charge is 0.333 e. The number of carboxylic acids is 2. The summed E-state index contributed by atoms with van der Waals surface area (Å²) in [5, 5.41) is 16.6. The molecule has 0 rings (SSSR count). The van der Waals surface area contributed by atoms with E-state index in [9.17, 15) is 28.8 Å². The highest BCUT2D eigenvalue weighted by atomic mass is 16.6. The van der Waals surface area contributed by atoms with Gasteiger partial charge in [0.25, 0.3) is 0 Å². The van der Waals surface area contributed by atoms with Gasteiger partial charge in [-0.15, -0.1) is 0 Å². The molecule has 0 saturated carbocycles. The summed E-state index contributed by atoms with van der Waals surface area (Å²) in [6.07, 6.45) is -0.928. The molecule has 0 aromatic rings. The molecule has 0 atom stereocenters. The van der Waals surface area contributed by atoms with Crippen LogP contribution in [0.15, 0.2) is 24.3 Å². The van der Waals surface area contributed by atoms with Gasteiger partial charge in [0.2, 0.25) is 0 Å². The van der Waals surface area contributed by atoms with Crippen molar-refractivity contribution in [3.8, 4) is 0 Å². The van der Waals surface area contributed by atoms with E-state index in [0.717, 1.165) is 0 Å². The third kappa shape index (κ3) is 21.0. The Labute approximate surface area is 184 Å². The predicted octanol–water partition coefficient (Wildman–Crippen LogP) is 1.03. The number of esters is 4. The monoisotopic (exact) mass is 460 g/mol. The van der Waals surface area contributed by atoms with E-state index < -0.39 is 35.8 Å². The average molecular weight is 460 g/mol. The highest BCUT2D eigenvalue weighted by Gasteiger charge is 2.08. The van der Waals surface area contributed by atoms with E-state index in [1.165, 1.54) is 13.8 Å². The number of carbonyl (C=O) groups excluding carboxylic acids is 4. The Morgan fingerprint density at radius 1 is 0.562 bits per heavy atom. The Morgan fingerprint density at radius 3 is 1.09 bits per heavy atom. The lowest BCUT2D eigenvalue weighted by Gasteiger charge is -2.05. The molecule has 32 heavy (non-hydrogen) atoms. The lowest BCUT2D eigenvalue weighted by Crippen LogP contribution is -2.14. The molecule has 0 heterocycles. The van der Waals surface area contributed by atoms with Crippen LogP contribution >= 0.6 is 0 Å². The molecule has 0 aromatic carbocycles. The van der Waals surface area contributed by atoms with Gasteiger partial charge in [0.05, 0.1) is 25.7 Å². The number of carboxylic acid groups (broad SMARTS) is 2. The van der Waals surface area contributed by atoms with Crippen molar-refractivity contribution in [3.05, 3.63) is 24.3 Å². The van der Waals surface area contributed by atoms with Crippen LogP contribution in [0.25, 0.3) is 0 Å². The van der Waals surface area contributed by atoms with Gasteiger partial charge >= 0.3 is 35.8 Å². The first kappa shape index (κ1) is 30.5. The van der Waals surface area contributed by atoms with Gasteiger partial charge in [-0.05, 0) is 13.8 Å². The van der Waals surface area contributed by atoms with E-state index in [1.54, 1.807) is 0 Å². The fraction of sp³-hybridized carbons (Fsp3) is 0.500. The van der Waals surface area contributed by atoms with Crippen LogP contribution in [0.1, 0.15) is 39.5 Å². The molecule has 0 aliphatic heterocycles. The van der Waals surface area contributed by atoms with Crippen molar-refractivity contribution in [2.24, 2.45) is 0 Å². The standard InChI is InChI=1S/2C10H14O6/c2*1-7(2)10(14)16-6-5-15-9(13)4-3-8(11)12/h2*1,3-6H2,2H3,(H,11,12). The maximum atomic E-state index is 10.9. The fourth-order valence-electron chi connectivity index (χ4n) is 1.39. The number of hydrogen-bond acceptors (Lipinski definition) is 10. The molecule has 0 unspecified atom stereocenters. The van der Waals surface area contributed by atoms with E-state index in [1.807, 2.05) is 0 Å². The molecule has 0 fully saturated rings. The number of aliphatic carboxylic acids is 2.